The van der Waals surface area contributed by atoms with E-state index in [0.29, 0.717) is 10.0 Å². The third-order valence-electron chi connectivity index (χ3n) is 3.00. The molecule has 1 nitrogen and oxygen atoms in total. The zero-order valence-electron chi connectivity index (χ0n) is 11.0. The molecule has 2 aromatic rings. The number of benzene rings is 1. The van der Waals surface area contributed by atoms with Crippen LogP contribution in [0.1, 0.15) is 35.2 Å². The molecule has 0 aliphatic rings. The van der Waals surface area contributed by atoms with Crippen molar-refractivity contribution in [3.05, 3.63) is 55.7 Å². The molecule has 1 heterocycles. The summed E-state index contributed by atoms with van der Waals surface area (Å²) in [6.07, 6.45) is 1.07. The zero-order valence-corrected chi connectivity index (χ0v) is 13.4. The second kappa shape index (κ2) is 6.76. The third kappa shape index (κ3) is 3.51. The first-order valence-electron chi connectivity index (χ1n) is 6.42. The van der Waals surface area contributed by atoms with Gasteiger partial charge in [0.25, 0.3) is 0 Å². The molecule has 0 aliphatic heterocycles. The van der Waals surface area contributed by atoms with Crippen LogP contribution in [0.5, 0.6) is 0 Å². The van der Waals surface area contributed by atoms with Crippen molar-refractivity contribution in [2.45, 2.75) is 26.3 Å². The van der Waals surface area contributed by atoms with E-state index in [2.05, 4.69) is 31.3 Å². The van der Waals surface area contributed by atoms with Crippen LogP contribution < -0.4 is 5.32 Å². The number of halogens is 2. The van der Waals surface area contributed by atoms with Gasteiger partial charge in [0.2, 0.25) is 0 Å². The highest BCUT2D eigenvalue weighted by Crippen LogP contribution is 2.32. The molecule has 1 atom stereocenters. The van der Waals surface area contributed by atoms with Crippen LogP contribution in [-0.4, -0.2) is 6.54 Å². The van der Waals surface area contributed by atoms with Gasteiger partial charge in [0.05, 0.1) is 16.1 Å². The van der Waals surface area contributed by atoms with Crippen molar-refractivity contribution in [2.75, 3.05) is 6.54 Å². The average molecular weight is 314 g/mol. The Labute approximate surface area is 128 Å². The van der Waals surface area contributed by atoms with Gasteiger partial charge in [-0.05, 0) is 42.8 Å². The molecule has 4 heteroatoms. The van der Waals surface area contributed by atoms with Gasteiger partial charge in [0.15, 0.2) is 0 Å². The molecule has 0 spiro atoms. The van der Waals surface area contributed by atoms with E-state index in [1.807, 2.05) is 29.5 Å². The smallest absolute Gasteiger partial charge is 0.0671 e. The van der Waals surface area contributed by atoms with Crippen molar-refractivity contribution in [1.29, 1.82) is 0 Å². The predicted octanol–water partition coefficient (Wildman–Crippen LogP) is 5.32. The summed E-state index contributed by atoms with van der Waals surface area (Å²) in [6.45, 7) is 5.19. The number of nitrogens with one attached hydrogen (secondary N) is 1. The molecule has 0 saturated heterocycles. The van der Waals surface area contributed by atoms with Gasteiger partial charge in [-0.2, -0.15) is 0 Å². The van der Waals surface area contributed by atoms with Gasteiger partial charge in [-0.25, -0.2) is 0 Å². The van der Waals surface area contributed by atoms with E-state index >= 15 is 0 Å². The van der Waals surface area contributed by atoms with Crippen LogP contribution >= 0.6 is 34.5 Å². The van der Waals surface area contributed by atoms with Crippen molar-refractivity contribution in [2.24, 2.45) is 0 Å². The third-order valence-corrected chi connectivity index (χ3v) is 5.03. The summed E-state index contributed by atoms with van der Waals surface area (Å²) in [4.78, 5) is 2.72. The summed E-state index contributed by atoms with van der Waals surface area (Å²) in [5, 5.41) is 4.71. The number of hydrogen-bond donors (Lipinski definition) is 1. The van der Waals surface area contributed by atoms with E-state index in [4.69, 9.17) is 23.2 Å². The van der Waals surface area contributed by atoms with Crippen molar-refractivity contribution in [3.63, 3.8) is 0 Å². The monoisotopic (exact) mass is 313 g/mol. The minimum Gasteiger partial charge on any atom is -0.306 e. The maximum absolute atomic E-state index is 6.12. The van der Waals surface area contributed by atoms with E-state index in [9.17, 15) is 0 Å². The molecule has 1 aromatic heterocycles. The minimum atomic E-state index is 0.185. The van der Waals surface area contributed by atoms with Crippen LogP contribution in [-0.2, 0) is 6.42 Å². The molecular weight excluding hydrogens is 297 g/mol. The molecule has 1 aromatic carbocycles. The Morgan fingerprint density at radius 2 is 1.89 bits per heavy atom. The lowest BCUT2D eigenvalue weighted by Crippen LogP contribution is -2.21. The molecule has 2 rings (SSSR count). The van der Waals surface area contributed by atoms with Crippen LogP contribution in [0.3, 0.4) is 0 Å². The standard InChI is InChI=1S/C15H17Cl2NS/c1-3-11-6-8-14(19-11)15(18-4-2)10-5-7-12(16)13(17)9-10/h5-9,15,18H,3-4H2,1-2H3. The summed E-state index contributed by atoms with van der Waals surface area (Å²) in [6, 6.07) is 10.4. The summed E-state index contributed by atoms with van der Waals surface area (Å²) in [5.41, 5.74) is 1.15. The van der Waals surface area contributed by atoms with Gasteiger partial charge in [0, 0.05) is 9.75 Å². The zero-order chi connectivity index (χ0) is 13.8. The van der Waals surface area contributed by atoms with E-state index in [0.717, 1.165) is 18.5 Å². The second-order valence-electron chi connectivity index (χ2n) is 4.32. The summed E-state index contributed by atoms with van der Waals surface area (Å²) >= 11 is 14.0. The molecule has 0 radical (unpaired) electrons. The normalized spacial score (nSPS) is 12.6. The SMILES string of the molecule is CCNC(c1ccc(Cl)c(Cl)c1)c1ccc(CC)s1. The topological polar surface area (TPSA) is 12.0 Å². The van der Waals surface area contributed by atoms with Gasteiger partial charge in [-0.15, -0.1) is 11.3 Å². The average Bonchev–Trinajstić information content (AvgIpc) is 2.88. The predicted molar refractivity (Wildman–Crippen MR) is 85.7 cm³/mol. The molecule has 0 fully saturated rings. The Morgan fingerprint density at radius 1 is 1.11 bits per heavy atom. The summed E-state index contributed by atoms with van der Waals surface area (Å²) < 4.78 is 0. The molecule has 0 saturated carbocycles. The molecule has 19 heavy (non-hydrogen) atoms. The van der Waals surface area contributed by atoms with Crippen LogP contribution in [0.15, 0.2) is 30.3 Å². The first kappa shape index (κ1) is 14.9. The summed E-state index contributed by atoms with van der Waals surface area (Å²) in [5.74, 6) is 0. The first-order valence-corrected chi connectivity index (χ1v) is 7.99. The minimum absolute atomic E-state index is 0.185. The van der Waals surface area contributed by atoms with Crippen LogP contribution in [0.2, 0.25) is 10.0 Å². The number of thiophene rings is 1. The Hall–Kier alpha value is -0.540. The number of aryl methyl sites for hydroxylation is 1. The van der Waals surface area contributed by atoms with Gasteiger partial charge in [0.1, 0.15) is 0 Å². The lowest BCUT2D eigenvalue weighted by atomic mass is 10.1. The first-order chi connectivity index (χ1) is 9.15. The largest absolute Gasteiger partial charge is 0.306 e. The molecule has 0 amide bonds. The van der Waals surface area contributed by atoms with Gasteiger partial charge in [-0.3, -0.25) is 0 Å². The van der Waals surface area contributed by atoms with Crippen molar-refractivity contribution >= 4 is 34.5 Å². The van der Waals surface area contributed by atoms with Gasteiger partial charge >= 0.3 is 0 Å². The van der Waals surface area contributed by atoms with Crippen LogP contribution in [0, 0.1) is 0 Å². The Balaban J connectivity index is 2.35. The maximum Gasteiger partial charge on any atom is 0.0671 e. The highest BCUT2D eigenvalue weighted by atomic mass is 35.5. The van der Waals surface area contributed by atoms with E-state index < -0.39 is 0 Å². The molecule has 1 N–H and O–H groups in total. The van der Waals surface area contributed by atoms with Crippen molar-refractivity contribution < 1.29 is 0 Å². The molecule has 102 valence electrons. The van der Waals surface area contributed by atoms with Gasteiger partial charge < -0.3 is 5.32 Å². The maximum atomic E-state index is 6.12. The molecule has 0 aliphatic carbocycles. The van der Waals surface area contributed by atoms with E-state index in [-0.39, 0.29) is 6.04 Å². The fraction of sp³-hybridized carbons (Fsp3) is 0.333. The lowest BCUT2D eigenvalue weighted by molar-refractivity contribution is 0.640. The number of rotatable bonds is 5. The van der Waals surface area contributed by atoms with Crippen LogP contribution in [0.25, 0.3) is 0 Å². The van der Waals surface area contributed by atoms with Crippen LogP contribution in [0.4, 0.5) is 0 Å². The Bertz CT molecular complexity index is 551. The molecule has 1 unspecified atom stereocenters. The fourth-order valence-corrected chi connectivity index (χ4v) is 3.38. The van der Waals surface area contributed by atoms with Gasteiger partial charge in [-0.1, -0.05) is 43.1 Å². The molecule has 0 bridgehead atoms. The second-order valence-corrected chi connectivity index (χ2v) is 6.34. The lowest BCUT2D eigenvalue weighted by Gasteiger charge is -2.17. The van der Waals surface area contributed by atoms with Crippen molar-refractivity contribution in [1.82, 2.24) is 5.32 Å². The fourth-order valence-electron chi connectivity index (χ4n) is 2.02. The highest BCUT2D eigenvalue weighted by Gasteiger charge is 2.16. The quantitative estimate of drug-likeness (QED) is 0.788. The van der Waals surface area contributed by atoms with E-state index in [1.54, 1.807) is 0 Å². The number of hydrogen-bond acceptors (Lipinski definition) is 2. The van der Waals surface area contributed by atoms with Crippen molar-refractivity contribution in [3.8, 4) is 0 Å². The van der Waals surface area contributed by atoms with E-state index in [1.165, 1.54) is 9.75 Å². The summed E-state index contributed by atoms with van der Waals surface area (Å²) in [7, 11) is 0. The highest BCUT2D eigenvalue weighted by molar-refractivity contribution is 7.12. The Kier molecular flexibility index (Phi) is 5.28. The molecular formula is C15H17Cl2NS. The Morgan fingerprint density at radius 3 is 2.47 bits per heavy atom.